The number of carbonyl (C=O) groups excluding carboxylic acids is 2. The smallest absolute Gasteiger partial charge is 0.295 e. The number of amides is 1. The Labute approximate surface area is 212 Å². The lowest BCUT2D eigenvalue weighted by Gasteiger charge is -2.25. The summed E-state index contributed by atoms with van der Waals surface area (Å²) in [4.78, 5) is 27.6. The van der Waals surface area contributed by atoms with E-state index >= 15 is 0 Å². The van der Waals surface area contributed by atoms with E-state index in [4.69, 9.17) is 18.9 Å². The first-order valence-corrected chi connectivity index (χ1v) is 12.1. The summed E-state index contributed by atoms with van der Waals surface area (Å²) in [5.41, 5.74) is 0.998. The van der Waals surface area contributed by atoms with Gasteiger partial charge in [0.25, 0.3) is 11.7 Å². The number of likely N-dealkylation sites (tertiary alicyclic amines) is 1. The van der Waals surface area contributed by atoms with Gasteiger partial charge in [0, 0.05) is 19.2 Å². The predicted molar refractivity (Wildman–Crippen MR) is 136 cm³/mol. The lowest BCUT2D eigenvalue weighted by atomic mass is 9.95. The second-order valence-electron chi connectivity index (χ2n) is 8.89. The molecule has 3 rings (SSSR count). The summed E-state index contributed by atoms with van der Waals surface area (Å²) in [5, 5.41) is 11.3. The summed E-state index contributed by atoms with van der Waals surface area (Å²) in [6.45, 7) is 7.51. The van der Waals surface area contributed by atoms with Crippen molar-refractivity contribution in [2.75, 3.05) is 40.6 Å². The van der Waals surface area contributed by atoms with Gasteiger partial charge in [-0.1, -0.05) is 32.0 Å². The number of Topliss-reactive ketones (excluding diaryl/α,β-unsaturated/α-hetero) is 1. The van der Waals surface area contributed by atoms with E-state index in [-0.39, 0.29) is 24.5 Å². The van der Waals surface area contributed by atoms with E-state index in [9.17, 15) is 14.7 Å². The quantitative estimate of drug-likeness (QED) is 0.260. The fourth-order valence-corrected chi connectivity index (χ4v) is 4.08. The maximum atomic E-state index is 13.2. The number of methoxy groups -OCH3 is 2. The normalized spacial score (nSPS) is 17.1. The highest BCUT2D eigenvalue weighted by Gasteiger charge is 2.46. The van der Waals surface area contributed by atoms with Crippen molar-refractivity contribution in [3.8, 4) is 17.2 Å². The lowest BCUT2D eigenvalue weighted by Crippen LogP contribution is -2.32. The number of ether oxygens (including phenoxy) is 4. The molecule has 1 heterocycles. The summed E-state index contributed by atoms with van der Waals surface area (Å²) in [7, 11) is 3.06. The molecule has 36 heavy (non-hydrogen) atoms. The van der Waals surface area contributed by atoms with Gasteiger partial charge >= 0.3 is 0 Å². The van der Waals surface area contributed by atoms with Crippen LogP contribution in [0.3, 0.4) is 0 Å². The van der Waals surface area contributed by atoms with Gasteiger partial charge in [-0.25, -0.2) is 0 Å². The zero-order chi connectivity index (χ0) is 26.2. The third-order valence-electron chi connectivity index (χ3n) is 5.95. The second kappa shape index (κ2) is 12.4. The maximum absolute atomic E-state index is 13.2. The molecule has 194 valence electrons. The van der Waals surface area contributed by atoms with Crippen molar-refractivity contribution in [2.45, 2.75) is 33.2 Å². The Balaban J connectivity index is 2.08. The van der Waals surface area contributed by atoms with Crippen molar-refractivity contribution >= 4 is 17.4 Å². The Bertz CT molecular complexity index is 1110. The molecule has 1 N–H and O–H groups in total. The van der Waals surface area contributed by atoms with Gasteiger partial charge in [-0.15, -0.1) is 0 Å². The molecule has 8 heteroatoms. The average molecular weight is 498 g/mol. The minimum Gasteiger partial charge on any atom is -0.507 e. The number of hydrogen-bond donors (Lipinski definition) is 1. The van der Waals surface area contributed by atoms with Crippen molar-refractivity contribution < 1.29 is 33.6 Å². The Morgan fingerprint density at radius 3 is 2.47 bits per heavy atom. The van der Waals surface area contributed by atoms with Gasteiger partial charge in [0.1, 0.15) is 11.5 Å². The first-order valence-electron chi connectivity index (χ1n) is 12.1. The van der Waals surface area contributed by atoms with Crippen LogP contribution in [0.15, 0.2) is 48.0 Å². The van der Waals surface area contributed by atoms with Crippen LogP contribution in [-0.4, -0.2) is 62.3 Å². The van der Waals surface area contributed by atoms with Crippen molar-refractivity contribution in [1.29, 1.82) is 0 Å². The van der Waals surface area contributed by atoms with Crippen LogP contribution >= 0.6 is 0 Å². The first kappa shape index (κ1) is 27.1. The summed E-state index contributed by atoms with van der Waals surface area (Å²) in [6.07, 6.45) is 0.892. The van der Waals surface area contributed by atoms with Crippen molar-refractivity contribution in [3.63, 3.8) is 0 Å². The molecule has 1 amide bonds. The van der Waals surface area contributed by atoms with Gasteiger partial charge in [0.2, 0.25) is 0 Å². The SMILES string of the molecule is CCOc1cccc(C(O)=C2C(=O)C(=O)N(CCOC)C2c2ccc(OCCC(C)C)c(OC)c2)c1. The zero-order valence-electron chi connectivity index (χ0n) is 21.6. The number of aliphatic hydroxyl groups excluding tert-OH is 1. The molecule has 1 aliphatic rings. The van der Waals surface area contributed by atoms with E-state index in [2.05, 4.69) is 13.8 Å². The minimum atomic E-state index is -0.825. The molecule has 0 bridgehead atoms. The summed E-state index contributed by atoms with van der Waals surface area (Å²) in [5.74, 6) is 0.374. The molecular formula is C28H35NO7. The molecule has 0 spiro atoms. The number of rotatable bonds is 12. The highest BCUT2D eigenvalue weighted by molar-refractivity contribution is 6.46. The number of hydrogen-bond acceptors (Lipinski definition) is 7. The molecule has 0 aliphatic carbocycles. The van der Waals surface area contributed by atoms with E-state index in [1.54, 1.807) is 42.5 Å². The molecule has 2 aromatic rings. The second-order valence-corrected chi connectivity index (χ2v) is 8.89. The first-order chi connectivity index (χ1) is 17.3. The van der Waals surface area contributed by atoms with Crippen molar-refractivity contribution in [3.05, 3.63) is 59.2 Å². The van der Waals surface area contributed by atoms with E-state index in [0.29, 0.717) is 47.5 Å². The predicted octanol–water partition coefficient (Wildman–Crippen LogP) is 4.59. The Morgan fingerprint density at radius 2 is 1.81 bits per heavy atom. The standard InChI is InChI=1S/C28H35NO7/c1-6-35-21-9-7-8-20(16-21)26(30)24-25(29(13-15-33-4)28(32)27(24)31)19-10-11-22(23(17-19)34-5)36-14-12-18(2)3/h7-11,16-18,25,30H,6,12-15H2,1-5H3. The third-order valence-corrected chi connectivity index (χ3v) is 5.95. The molecule has 1 unspecified atom stereocenters. The molecule has 1 fully saturated rings. The van der Waals surface area contributed by atoms with Crippen molar-refractivity contribution in [1.82, 2.24) is 4.90 Å². The summed E-state index contributed by atoms with van der Waals surface area (Å²) >= 11 is 0. The molecule has 0 aromatic heterocycles. The van der Waals surface area contributed by atoms with E-state index in [1.807, 2.05) is 6.92 Å². The topological polar surface area (TPSA) is 94.5 Å². The highest BCUT2D eigenvalue weighted by atomic mass is 16.5. The van der Waals surface area contributed by atoms with E-state index < -0.39 is 17.7 Å². The summed E-state index contributed by atoms with van der Waals surface area (Å²) in [6, 6.07) is 11.3. The molecule has 2 aromatic carbocycles. The Morgan fingerprint density at radius 1 is 1.03 bits per heavy atom. The average Bonchev–Trinajstić information content (AvgIpc) is 3.12. The van der Waals surface area contributed by atoms with Crippen LogP contribution in [0.25, 0.3) is 5.76 Å². The van der Waals surface area contributed by atoms with Crippen LogP contribution in [0.2, 0.25) is 0 Å². The molecule has 0 radical (unpaired) electrons. The number of aliphatic hydroxyl groups is 1. The number of benzene rings is 2. The van der Waals surface area contributed by atoms with Gasteiger partial charge < -0.3 is 29.0 Å². The van der Waals surface area contributed by atoms with Crippen LogP contribution in [0.5, 0.6) is 17.2 Å². The largest absolute Gasteiger partial charge is 0.507 e. The van der Waals surface area contributed by atoms with Gasteiger partial charge in [-0.2, -0.15) is 0 Å². The fourth-order valence-electron chi connectivity index (χ4n) is 4.08. The Kier molecular flexibility index (Phi) is 9.36. The van der Waals surface area contributed by atoms with E-state index in [1.165, 1.54) is 19.1 Å². The molecule has 8 nitrogen and oxygen atoms in total. The van der Waals surface area contributed by atoms with Crippen LogP contribution in [0, 0.1) is 5.92 Å². The van der Waals surface area contributed by atoms with Gasteiger partial charge in [-0.3, -0.25) is 9.59 Å². The highest BCUT2D eigenvalue weighted by Crippen LogP contribution is 2.42. The summed E-state index contributed by atoms with van der Waals surface area (Å²) < 4.78 is 22.2. The molecular weight excluding hydrogens is 462 g/mol. The monoisotopic (exact) mass is 497 g/mol. The zero-order valence-corrected chi connectivity index (χ0v) is 21.6. The Hall–Kier alpha value is -3.52. The van der Waals surface area contributed by atoms with E-state index in [0.717, 1.165) is 6.42 Å². The number of carbonyl (C=O) groups is 2. The number of ketones is 1. The third kappa shape index (κ3) is 5.99. The number of nitrogens with zero attached hydrogens (tertiary/aromatic N) is 1. The maximum Gasteiger partial charge on any atom is 0.295 e. The van der Waals surface area contributed by atoms with Gasteiger partial charge in [0.15, 0.2) is 11.5 Å². The van der Waals surface area contributed by atoms with Crippen LogP contribution in [0.1, 0.15) is 44.4 Å². The van der Waals surface area contributed by atoms with Gasteiger partial charge in [0.05, 0.1) is 38.5 Å². The van der Waals surface area contributed by atoms with Gasteiger partial charge in [-0.05, 0) is 49.1 Å². The molecule has 1 saturated heterocycles. The molecule has 0 saturated carbocycles. The molecule has 1 atom stereocenters. The lowest BCUT2D eigenvalue weighted by molar-refractivity contribution is -0.140. The van der Waals surface area contributed by atoms with Crippen molar-refractivity contribution in [2.24, 2.45) is 5.92 Å². The van der Waals surface area contributed by atoms with Crippen LogP contribution in [0.4, 0.5) is 0 Å². The fraction of sp³-hybridized carbons (Fsp3) is 0.429. The molecule has 1 aliphatic heterocycles. The minimum absolute atomic E-state index is 0.000260. The van der Waals surface area contributed by atoms with Crippen LogP contribution < -0.4 is 14.2 Å². The van der Waals surface area contributed by atoms with Crippen LogP contribution in [-0.2, 0) is 14.3 Å².